The first-order valence-electron chi connectivity index (χ1n) is 10.1. The zero-order valence-electron chi connectivity index (χ0n) is 16.9. The molecule has 1 N–H and O–H groups in total. The molecule has 2 aromatic heterocycles. The van der Waals surface area contributed by atoms with E-state index >= 15 is 0 Å². The van der Waals surface area contributed by atoms with Crippen LogP contribution in [-0.4, -0.2) is 28.4 Å². The molecule has 3 heterocycles. The van der Waals surface area contributed by atoms with E-state index in [1.54, 1.807) is 23.1 Å². The molecule has 0 bridgehead atoms. The van der Waals surface area contributed by atoms with Gasteiger partial charge in [-0.05, 0) is 32.0 Å². The second-order valence-electron chi connectivity index (χ2n) is 7.91. The third-order valence-corrected chi connectivity index (χ3v) is 5.49. The van der Waals surface area contributed by atoms with E-state index in [-0.39, 0.29) is 12.0 Å². The number of para-hydroxylation sites is 1. The van der Waals surface area contributed by atoms with E-state index in [0.717, 1.165) is 22.9 Å². The molecule has 5 rings (SSSR count). The fourth-order valence-electron chi connectivity index (χ4n) is 4.18. The van der Waals surface area contributed by atoms with Gasteiger partial charge in [0.1, 0.15) is 11.3 Å². The predicted octanol–water partition coefficient (Wildman–Crippen LogP) is 4.26. The molecule has 0 spiro atoms. The first-order valence-corrected chi connectivity index (χ1v) is 10.1. The molecule has 30 heavy (non-hydrogen) atoms. The van der Waals surface area contributed by atoms with Crippen LogP contribution in [0.15, 0.2) is 57.7 Å². The van der Waals surface area contributed by atoms with Crippen molar-refractivity contribution in [3.63, 3.8) is 0 Å². The fourth-order valence-corrected chi connectivity index (χ4v) is 4.18. The molecule has 0 radical (unpaired) electrons. The predicted molar refractivity (Wildman–Crippen MR) is 115 cm³/mol. The number of rotatable bonds is 3. The lowest BCUT2D eigenvalue weighted by Gasteiger charge is -2.27. The number of ether oxygens (including phenoxy) is 1. The summed E-state index contributed by atoms with van der Waals surface area (Å²) in [6, 6.07) is 14.7. The van der Waals surface area contributed by atoms with Gasteiger partial charge in [0.25, 0.3) is 5.91 Å². The van der Waals surface area contributed by atoms with Gasteiger partial charge >= 0.3 is 5.63 Å². The van der Waals surface area contributed by atoms with E-state index in [1.165, 1.54) is 11.8 Å². The number of H-pyrrole nitrogens is 1. The highest BCUT2D eigenvalue weighted by atomic mass is 16.5. The van der Waals surface area contributed by atoms with Crippen molar-refractivity contribution in [3.05, 3.63) is 75.8 Å². The minimum Gasteiger partial charge on any atom is -0.491 e. The number of nitrogens with zero attached hydrogens (tertiary/aromatic N) is 1. The summed E-state index contributed by atoms with van der Waals surface area (Å²) in [4.78, 5) is 30.8. The molecule has 0 aliphatic carbocycles. The van der Waals surface area contributed by atoms with Crippen LogP contribution in [0.1, 0.15) is 35.5 Å². The third-order valence-electron chi connectivity index (χ3n) is 5.49. The summed E-state index contributed by atoms with van der Waals surface area (Å²) in [6.07, 6.45) is 0.749. The quantitative estimate of drug-likeness (QED) is 0.520. The van der Waals surface area contributed by atoms with Crippen molar-refractivity contribution < 1.29 is 13.9 Å². The van der Waals surface area contributed by atoms with Gasteiger partial charge in [-0.25, -0.2) is 4.79 Å². The maximum atomic E-state index is 13.4. The summed E-state index contributed by atoms with van der Waals surface area (Å²) < 4.78 is 11.0. The van der Waals surface area contributed by atoms with E-state index in [1.807, 2.05) is 32.0 Å². The standard InChI is InChI=1S/C24H22N2O4/c1-14(2)29-15-7-8-17-18(12-23(27)30-22(17)11-15)24(28)26-10-9-21-19(13-26)16-5-3-4-6-20(16)25-21/h3-8,11-12,14,25H,9-10,13H2,1-2H3. The first-order chi connectivity index (χ1) is 14.5. The Kier molecular flexibility index (Phi) is 4.35. The highest BCUT2D eigenvalue weighted by molar-refractivity contribution is 6.06. The lowest BCUT2D eigenvalue weighted by atomic mass is 10.0. The number of carbonyl (C=O) groups excluding carboxylic acids is 1. The van der Waals surface area contributed by atoms with Crippen molar-refractivity contribution >= 4 is 27.8 Å². The smallest absolute Gasteiger partial charge is 0.337 e. The SMILES string of the molecule is CC(C)Oc1ccc2c(C(=O)N3CCc4[nH]c5ccccc5c4C3)cc(=O)oc2c1. The van der Waals surface area contributed by atoms with Crippen molar-refractivity contribution in [2.75, 3.05) is 6.54 Å². The number of aromatic amines is 1. The van der Waals surface area contributed by atoms with Gasteiger partial charge in [0.2, 0.25) is 0 Å². The highest BCUT2D eigenvalue weighted by Crippen LogP contribution is 2.30. The second-order valence-corrected chi connectivity index (χ2v) is 7.91. The average Bonchev–Trinajstić information content (AvgIpc) is 3.10. The molecular weight excluding hydrogens is 380 g/mol. The Morgan fingerprint density at radius 2 is 1.97 bits per heavy atom. The summed E-state index contributed by atoms with van der Waals surface area (Å²) in [5.41, 5.74) is 3.57. The lowest BCUT2D eigenvalue weighted by molar-refractivity contribution is 0.0736. The van der Waals surface area contributed by atoms with Gasteiger partial charge in [-0.2, -0.15) is 0 Å². The van der Waals surface area contributed by atoms with Gasteiger partial charge in [-0.3, -0.25) is 4.79 Å². The largest absolute Gasteiger partial charge is 0.491 e. The van der Waals surface area contributed by atoms with Gasteiger partial charge in [-0.1, -0.05) is 18.2 Å². The number of fused-ring (bicyclic) bond motifs is 4. The third kappa shape index (κ3) is 3.14. The number of carbonyl (C=O) groups is 1. The minimum atomic E-state index is -0.544. The molecule has 2 aromatic carbocycles. The monoisotopic (exact) mass is 402 g/mol. The number of amides is 1. The molecule has 152 valence electrons. The minimum absolute atomic E-state index is 0.00212. The molecule has 6 nitrogen and oxygen atoms in total. The lowest BCUT2D eigenvalue weighted by Crippen LogP contribution is -2.36. The van der Waals surface area contributed by atoms with Crippen molar-refractivity contribution in [1.82, 2.24) is 9.88 Å². The summed E-state index contributed by atoms with van der Waals surface area (Å²) in [5, 5.41) is 1.75. The van der Waals surface area contributed by atoms with Gasteiger partial charge in [0.05, 0.1) is 11.7 Å². The summed E-state index contributed by atoms with van der Waals surface area (Å²) >= 11 is 0. The Labute approximate surface area is 173 Å². The van der Waals surface area contributed by atoms with Crippen molar-refractivity contribution in [2.45, 2.75) is 32.9 Å². The number of hydrogen-bond acceptors (Lipinski definition) is 4. The Bertz CT molecular complexity index is 1330. The summed E-state index contributed by atoms with van der Waals surface area (Å²) in [6.45, 7) is 4.95. The van der Waals surface area contributed by atoms with Gasteiger partial charge in [0.15, 0.2) is 0 Å². The summed E-state index contributed by atoms with van der Waals surface area (Å²) in [7, 11) is 0. The number of aromatic nitrogens is 1. The molecule has 1 amide bonds. The fraction of sp³-hybridized carbons (Fsp3) is 0.250. The molecule has 0 atom stereocenters. The zero-order valence-corrected chi connectivity index (χ0v) is 16.9. The van der Waals surface area contributed by atoms with Crippen LogP contribution in [0.5, 0.6) is 5.75 Å². The molecule has 1 aliphatic heterocycles. The molecule has 0 fully saturated rings. The normalized spacial score (nSPS) is 13.8. The highest BCUT2D eigenvalue weighted by Gasteiger charge is 2.26. The van der Waals surface area contributed by atoms with Crippen molar-refractivity contribution in [2.24, 2.45) is 0 Å². The van der Waals surface area contributed by atoms with Gasteiger partial charge < -0.3 is 19.0 Å². The van der Waals surface area contributed by atoms with Crippen LogP contribution in [0, 0.1) is 0 Å². The Hall–Kier alpha value is -3.54. The van der Waals surface area contributed by atoms with E-state index in [0.29, 0.717) is 35.4 Å². The van der Waals surface area contributed by atoms with Crippen molar-refractivity contribution in [3.8, 4) is 5.75 Å². The van der Waals surface area contributed by atoms with Crippen molar-refractivity contribution in [1.29, 1.82) is 0 Å². The van der Waals surface area contributed by atoms with E-state index in [2.05, 4.69) is 11.1 Å². The molecule has 6 heteroatoms. The van der Waals surface area contributed by atoms with Crippen LogP contribution in [0.4, 0.5) is 0 Å². The second kappa shape index (κ2) is 7.06. The number of nitrogens with one attached hydrogen (secondary N) is 1. The van der Waals surface area contributed by atoms with Crippen LogP contribution in [0.25, 0.3) is 21.9 Å². The number of benzene rings is 2. The molecule has 4 aromatic rings. The average molecular weight is 402 g/mol. The van der Waals surface area contributed by atoms with Crippen LogP contribution in [0.3, 0.4) is 0 Å². The zero-order chi connectivity index (χ0) is 20.8. The van der Waals surface area contributed by atoms with E-state index in [9.17, 15) is 9.59 Å². The van der Waals surface area contributed by atoms with Gasteiger partial charge in [-0.15, -0.1) is 0 Å². The summed E-state index contributed by atoms with van der Waals surface area (Å²) in [5.74, 6) is 0.438. The molecule has 0 saturated heterocycles. The number of hydrogen-bond donors (Lipinski definition) is 1. The van der Waals surface area contributed by atoms with Crippen LogP contribution < -0.4 is 10.4 Å². The molecule has 0 unspecified atom stereocenters. The Morgan fingerprint density at radius 3 is 2.80 bits per heavy atom. The first kappa shape index (κ1) is 18.5. The topological polar surface area (TPSA) is 75.5 Å². The maximum Gasteiger partial charge on any atom is 0.337 e. The van der Waals surface area contributed by atoms with Crippen LogP contribution in [-0.2, 0) is 13.0 Å². The van der Waals surface area contributed by atoms with E-state index < -0.39 is 5.63 Å². The maximum absolute atomic E-state index is 13.4. The van der Waals surface area contributed by atoms with Crippen LogP contribution in [0.2, 0.25) is 0 Å². The van der Waals surface area contributed by atoms with Crippen LogP contribution >= 0.6 is 0 Å². The molecule has 1 aliphatic rings. The molecule has 0 saturated carbocycles. The van der Waals surface area contributed by atoms with E-state index in [4.69, 9.17) is 9.15 Å². The molecular formula is C24H22N2O4. The Morgan fingerprint density at radius 1 is 1.13 bits per heavy atom. The van der Waals surface area contributed by atoms with Gasteiger partial charge in [0, 0.05) is 59.2 Å². The Balaban J connectivity index is 1.52.